The van der Waals surface area contributed by atoms with Crippen LogP contribution in [0, 0.1) is 0 Å². The number of aromatic amines is 1. The van der Waals surface area contributed by atoms with Gasteiger partial charge in [-0.1, -0.05) is 42.5 Å². The molecule has 0 saturated heterocycles. The normalized spacial score (nSPS) is 14.0. The molecule has 0 fully saturated rings. The lowest BCUT2D eigenvalue weighted by atomic mass is 10.00. The molecular weight excluding hydrogens is 1640 g/mol. The summed E-state index contributed by atoms with van der Waals surface area (Å²) in [6.45, 7) is 2.89. The number of nitrogens with one attached hydrogen (secondary N) is 13. The van der Waals surface area contributed by atoms with Gasteiger partial charge in [-0.15, -0.1) is 0 Å². The average molecular weight is 1780 g/mol. The van der Waals surface area contributed by atoms with E-state index in [4.69, 9.17) is 68.8 Å². The Balaban J connectivity index is 1.77. The van der Waals surface area contributed by atoms with Gasteiger partial charge >= 0.3 is 0 Å². The van der Waals surface area contributed by atoms with E-state index in [-0.39, 0.29) is 179 Å². The van der Waals surface area contributed by atoms with Gasteiger partial charge in [-0.05, 0) is 253 Å². The first-order chi connectivity index (χ1) is 60.9. The monoisotopic (exact) mass is 1780 g/mol. The average Bonchev–Trinajstić information content (AvgIpc) is 1.69. The van der Waals surface area contributed by atoms with Crippen molar-refractivity contribution in [2.24, 2.45) is 78.8 Å². The third-order valence-electron chi connectivity index (χ3n) is 21.1. The van der Waals surface area contributed by atoms with E-state index in [1.807, 2.05) is 0 Å². The van der Waals surface area contributed by atoms with Gasteiger partial charge in [0.15, 0.2) is 11.9 Å². The number of carbonyl (C=O) groups excluding carboxylic acids is 13. The number of phenolic OH excluding ortho intramolecular Hbond substituents is 2. The first-order valence-electron chi connectivity index (χ1n) is 43.9. The number of primary amides is 1. The number of rotatable bonds is 66. The van der Waals surface area contributed by atoms with Crippen LogP contribution in [0.3, 0.4) is 0 Å². The second-order valence-electron chi connectivity index (χ2n) is 31.5. The second-order valence-corrected chi connectivity index (χ2v) is 31.5. The number of guanidine groups is 2. The molecule has 0 aliphatic rings. The first kappa shape index (κ1) is 108. The van der Waals surface area contributed by atoms with Crippen LogP contribution >= 0.6 is 0 Å². The molecular formula is C85H141N27O15. The lowest BCUT2D eigenvalue weighted by molar-refractivity contribution is -0.136. The van der Waals surface area contributed by atoms with E-state index in [0.717, 1.165) is 0 Å². The van der Waals surface area contributed by atoms with Crippen LogP contribution < -0.4 is 133 Å². The van der Waals surface area contributed by atoms with E-state index in [1.54, 1.807) is 30.5 Å². The van der Waals surface area contributed by atoms with E-state index >= 15 is 24.0 Å². The molecule has 12 atom stereocenters. The number of para-hydroxylation sites is 1. The van der Waals surface area contributed by atoms with Crippen molar-refractivity contribution in [3.63, 3.8) is 0 Å². The SMILES string of the molecule is CC(=O)N[C@H](CCCN=C(N)N)C(=O)N[C@H](Cc1ccc(O)cc1)C(=O)N[C@H](Cc1ccc(O)cc1)C(=O)N[C@H](CCCN=C(N)N)C(=O)N[C@H](Cc1c[nH]c2ccccc12)C(=O)N[C@H](CCCCN)C(=O)N[C@H](CCCCN)C(=O)N[C@H](CCCCN)C(=O)N[C@H](CCCCN)C(=O)N[C@H](CCCCN)C(=O)N[C@H](CCCCN)C(=O)N[C@H](CCCCN)C(N)=O. The highest BCUT2D eigenvalue weighted by Crippen LogP contribution is 2.22. The molecule has 0 aliphatic heterocycles. The number of H-pyrrole nitrogens is 1. The molecule has 39 N–H and O–H groups in total. The fourth-order valence-corrected chi connectivity index (χ4v) is 14.0. The number of nitrogens with zero attached hydrogens (tertiary/aromatic N) is 2. The predicted molar refractivity (Wildman–Crippen MR) is 484 cm³/mol. The zero-order valence-electron chi connectivity index (χ0n) is 73.1. The molecule has 13 amide bonds. The quantitative estimate of drug-likeness (QED) is 0.0114. The van der Waals surface area contributed by atoms with E-state index in [9.17, 15) is 48.6 Å². The molecule has 1 aromatic heterocycles. The number of aromatic hydroxyl groups is 2. The lowest BCUT2D eigenvalue weighted by Crippen LogP contribution is -2.61. The van der Waals surface area contributed by atoms with Gasteiger partial charge in [-0.2, -0.15) is 0 Å². The van der Waals surface area contributed by atoms with Crippen molar-refractivity contribution < 1.29 is 72.5 Å². The Morgan fingerprint density at radius 3 is 0.803 bits per heavy atom. The summed E-state index contributed by atoms with van der Waals surface area (Å²) in [6.07, 6.45) is 6.60. The summed E-state index contributed by atoms with van der Waals surface area (Å²) in [5.41, 5.74) is 71.4. The summed E-state index contributed by atoms with van der Waals surface area (Å²) >= 11 is 0. The van der Waals surface area contributed by atoms with E-state index in [2.05, 4.69) is 78.8 Å². The molecule has 42 nitrogen and oxygen atoms in total. The van der Waals surface area contributed by atoms with Crippen LogP contribution in [0.25, 0.3) is 10.9 Å². The summed E-state index contributed by atoms with van der Waals surface area (Å²) in [5.74, 6) is -11.3. The molecule has 3 aromatic carbocycles. The highest BCUT2D eigenvalue weighted by molar-refractivity contribution is 6.00. The number of hydrogen-bond acceptors (Lipinski definition) is 24. The standard InChI is InChI=1S/C85H141N27O15/c1-52(113)101-61(29-18-46-98-84(94)95)73(117)110-70(49-54-33-37-57(115)38-34-54)82(126)111-69(48-53-31-35-56(114)36-32-53)81(125)109-68(30-19-47-99-85(96)97)80(124)112-71(50-55-51-100-59-21-3-2-20-58(55)59)83(127)108-67(28-10-17-45-92)79(123)107-66(27-9-16-44-91)78(122)106-65(26-8-15-43-90)77(121)105-64(25-7-14-42-89)76(120)104-63(24-6-13-41-88)75(119)103-62(23-5-12-40-87)74(118)102-60(72(93)116)22-4-11-39-86/h2-3,20-21,31-38,51,60-71,100,114-115H,4-19,22-30,39-50,86-92H2,1H3,(H2,93,116)(H,101,113)(H,102,118)(H,103,119)(H,104,120)(H,105,121)(H,106,122)(H,107,123)(H,108,127)(H,109,125)(H,110,117)(H,111,126)(H,112,124)(H4,94,95,98)(H4,96,97,99)/t60-,61-,62-,63-,64-,65-,66-,67-,68-,69-,70-,71-/m1/s1. The number of amides is 13. The molecule has 0 aliphatic carbocycles. The minimum Gasteiger partial charge on any atom is -0.508 e. The zero-order valence-corrected chi connectivity index (χ0v) is 73.1. The third-order valence-corrected chi connectivity index (χ3v) is 21.1. The van der Waals surface area contributed by atoms with Crippen molar-refractivity contribution >= 4 is 99.6 Å². The molecule has 0 unspecified atom stereocenters. The summed E-state index contributed by atoms with van der Waals surface area (Å²) in [7, 11) is 0. The molecule has 4 rings (SSSR count). The molecule has 0 radical (unpaired) electrons. The number of hydrogen-bond donors (Lipinski definition) is 27. The number of fused-ring (bicyclic) bond motifs is 1. The number of benzene rings is 3. The first-order valence-corrected chi connectivity index (χ1v) is 43.9. The van der Waals surface area contributed by atoms with E-state index < -0.39 is 149 Å². The summed E-state index contributed by atoms with van der Waals surface area (Å²) in [5, 5.41) is 54.3. The number of aliphatic imine (C=N–C) groups is 2. The van der Waals surface area contributed by atoms with Gasteiger partial charge in [0.25, 0.3) is 0 Å². The molecule has 127 heavy (non-hydrogen) atoms. The largest absolute Gasteiger partial charge is 0.508 e. The molecule has 42 heteroatoms. The molecule has 706 valence electrons. The van der Waals surface area contributed by atoms with Crippen molar-refractivity contribution in [3.05, 3.63) is 95.7 Å². The highest BCUT2D eigenvalue weighted by Gasteiger charge is 2.38. The maximum absolute atomic E-state index is 15.5. The number of unbranched alkanes of at least 4 members (excludes halogenated alkanes) is 7. The van der Waals surface area contributed by atoms with Gasteiger partial charge in [0.1, 0.15) is 84.0 Å². The predicted octanol–water partition coefficient (Wildman–Crippen LogP) is -4.06. The maximum atomic E-state index is 15.5. The third kappa shape index (κ3) is 41.9. The molecule has 1 heterocycles. The van der Waals surface area contributed by atoms with E-state index in [0.29, 0.717) is 111 Å². The van der Waals surface area contributed by atoms with Crippen LogP contribution in [-0.4, -0.2) is 235 Å². The van der Waals surface area contributed by atoms with E-state index in [1.165, 1.54) is 55.5 Å². The van der Waals surface area contributed by atoms with Gasteiger partial charge < -0.3 is 148 Å². The minimum atomic E-state index is -1.58. The summed E-state index contributed by atoms with van der Waals surface area (Å²) in [6, 6.07) is 2.03. The Bertz CT molecular complexity index is 4130. The van der Waals surface area contributed by atoms with Gasteiger partial charge in [-0.25, -0.2) is 0 Å². The van der Waals surface area contributed by atoms with Gasteiger partial charge in [0.05, 0.1) is 0 Å². The molecule has 0 saturated carbocycles. The zero-order chi connectivity index (χ0) is 93.6. The smallest absolute Gasteiger partial charge is 0.243 e. The summed E-state index contributed by atoms with van der Waals surface area (Å²) in [4.78, 5) is 200. The number of aromatic nitrogens is 1. The minimum absolute atomic E-state index is 0.00964. The van der Waals surface area contributed by atoms with Crippen LogP contribution in [0.4, 0.5) is 0 Å². The van der Waals surface area contributed by atoms with Crippen molar-refractivity contribution in [1.29, 1.82) is 0 Å². The number of carbonyl (C=O) groups is 13. The second kappa shape index (κ2) is 60.7. The van der Waals surface area contributed by atoms with Crippen LogP contribution in [0.2, 0.25) is 0 Å². The fraction of sp³-hybridized carbons (Fsp3) is 0.588. The van der Waals surface area contributed by atoms with Crippen LogP contribution in [-0.2, 0) is 81.6 Å². The highest BCUT2D eigenvalue weighted by atomic mass is 16.3. The molecule has 4 aromatic rings. The maximum Gasteiger partial charge on any atom is 0.243 e. The Labute approximate surface area is 741 Å². The summed E-state index contributed by atoms with van der Waals surface area (Å²) < 4.78 is 0. The molecule has 0 bridgehead atoms. The lowest BCUT2D eigenvalue weighted by Gasteiger charge is -2.29. The van der Waals surface area contributed by atoms with Gasteiger partial charge in [0, 0.05) is 56.4 Å². The number of phenols is 2. The Hall–Kier alpha value is -11.8. The van der Waals surface area contributed by atoms with Crippen LogP contribution in [0.15, 0.2) is 89.0 Å². The Morgan fingerprint density at radius 1 is 0.299 bits per heavy atom. The number of nitrogens with two attached hydrogens (primary N) is 12. The Kier molecular flexibility index (Phi) is 51.4. The van der Waals surface area contributed by atoms with Crippen molar-refractivity contribution in [1.82, 2.24) is 68.8 Å². The fourth-order valence-electron chi connectivity index (χ4n) is 14.0. The van der Waals surface area contributed by atoms with Crippen molar-refractivity contribution in [2.45, 2.75) is 259 Å². The van der Waals surface area contributed by atoms with Gasteiger partial charge in [0.2, 0.25) is 76.8 Å². The van der Waals surface area contributed by atoms with Crippen LogP contribution in [0.1, 0.15) is 184 Å². The topological polar surface area (TPSA) is 759 Å². The van der Waals surface area contributed by atoms with Crippen LogP contribution in [0.5, 0.6) is 11.5 Å². The Morgan fingerprint density at radius 2 is 0.535 bits per heavy atom. The van der Waals surface area contributed by atoms with Crippen molar-refractivity contribution in [3.8, 4) is 11.5 Å². The van der Waals surface area contributed by atoms with Crippen molar-refractivity contribution in [2.75, 3.05) is 58.9 Å². The van der Waals surface area contributed by atoms with Gasteiger partial charge in [-0.3, -0.25) is 72.3 Å². The molecule has 0 spiro atoms.